The van der Waals surface area contributed by atoms with E-state index in [2.05, 4.69) is 20.2 Å². The fourth-order valence-corrected chi connectivity index (χ4v) is 8.31. The number of aromatic nitrogens is 4. The zero-order chi connectivity index (χ0) is 40.6. The molecule has 5 aromatic rings. The highest BCUT2D eigenvalue weighted by Gasteiger charge is 2.35. The van der Waals surface area contributed by atoms with Crippen molar-refractivity contribution in [1.29, 1.82) is 0 Å². The number of carbonyl (C=O) groups is 2. The molecule has 0 spiro atoms. The predicted octanol–water partition coefficient (Wildman–Crippen LogP) is 7.62. The molecule has 0 saturated heterocycles. The van der Waals surface area contributed by atoms with E-state index < -0.39 is 21.6 Å². The Labute approximate surface area is 338 Å². The van der Waals surface area contributed by atoms with Crippen molar-refractivity contribution in [3.8, 4) is 11.1 Å². The number of amides is 1. The molecule has 2 aromatic carbocycles. The minimum Gasteiger partial charge on any atom is -0.460 e. The van der Waals surface area contributed by atoms with Crippen molar-refractivity contribution in [3.05, 3.63) is 95.3 Å². The Morgan fingerprint density at radius 1 is 1.04 bits per heavy atom. The van der Waals surface area contributed by atoms with Gasteiger partial charge in [-0.3, -0.25) is 23.7 Å². The molecular weight excluding hydrogens is 766 g/mol. The number of hydrogen-bond acceptors (Lipinski definition) is 11. The standard InChI is InChI=1S/C42H48ClN7O6S/c1-26-33(11-8-12-34(26)46-38-37-30(17-19-44-38)21-27(23-45-37)25-55-57(6,53)54)29-9-7-10-32(22-29)50(43)40(51)39-47-35-24-49(20-18-36(35)48(39)5)31-15-13-28(14-16-31)41(52)56-42(2,3)4/h7-12,17,19,21-23,28,31H,13-16,18,20,24-25H2,1-6H3,(H,44,46). The van der Waals surface area contributed by atoms with E-state index in [1.165, 1.54) is 0 Å². The Morgan fingerprint density at radius 2 is 1.79 bits per heavy atom. The number of nitrogens with one attached hydrogen (secondary N) is 1. The highest BCUT2D eigenvalue weighted by Crippen LogP contribution is 2.35. The van der Waals surface area contributed by atoms with E-state index in [0.717, 1.165) is 88.5 Å². The molecule has 0 radical (unpaired) electrons. The van der Waals surface area contributed by atoms with E-state index in [9.17, 15) is 18.0 Å². The smallest absolute Gasteiger partial charge is 0.309 e. The molecule has 1 saturated carbocycles. The van der Waals surface area contributed by atoms with Crippen LogP contribution in [0.3, 0.4) is 0 Å². The lowest BCUT2D eigenvalue weighted by Crippen LogP contribution is -2.42. The number of carbonyl (C=O) groups excluding carboxylic acids is 2. The van der Waals surface area contributed by atoms with Crippen LogP contribution in [-0.4, -0.2) is 69.2 Å². The average molecular weight is 814 g/mol. The van der Waals surface area contributed by atoms with Crippen LogP contribution >= 0.6 is 11.8 Å². The molecule has 1 N–H and O–H groups in total. The van der Waals surface area contributed by atoms with Gasteiger partial charge in [0.1, 0.15) is 11.1 Å². The monoisotopic (exact) mass is 813 g/mol. The molecule has 1 fully saturated rings. The Morgan fingerprint density at radius 3 is 2.53 bits per heavy atom. The second-order valence-electron chi connectivity index (χ2n) is 15.9. The molecule has 0 bridgehead atoms. The van der Waals surface area contributed by atoms with Gasteiger partial charge in [0.15, 0.2) is 5.82 Å². The van der Waals surface area contributed by atoms with Gasteiger partial charge in [-0.05, 0) is 106 Å². The summed E-state index contributed by atoms with van der Waals surface area (Å²) in [6.45, 7) is 9.11. The SMILES string of the molecule is Cc1c(Nc2nccc3cc(COS(C)(=O)=O)cnc23)cccc1-c1cccc(N(Cl)C(=O)c2nc3c(n2C)CCN(C2CCC(C(=O)OC(C)(C)C)CC2)C3)c1. The van der Waals surface area contributed by atoms with Gasteiger partial charge in [0, 0.05) is 73.5 Å². The summed E-state index contributed by atoms with van der Waals surface area (Å²) in [4.78, 5) is 43.0. The number of imidazole rings is 1. The molecule has 0 unspecified atom stereocenters. The molecule has 1 aliphatic heterocycles. The van der Waals surface area contributed by atoms with Gasteiger partial charge in [-0.2, -0.15) is 8.42 Å². The second-order valence-corrected chi connectivity index (χ2v) is 17.9. The third-order valence-corrected chi connectivity index (χ3v) is 11.6. The van der Waals surface area contributed by atoms with Crippen molar-refractivity contribution in [3.63, 3.8) is 0 Å². The quantitative estimate of drug-likeness (QED) is 0.0844. The van der Waals surface area contributed by atoms with Crippen molar-refractivity contribution >= 4 is 61.9 Å². The second kappa shape index (κ2) is 16.2. The maximum absolute atomic E-state index is 13.9. The van der Waals surface area contributed by atoms with Crippen LogP contribution in [-0.2, 0) is 50.5 Å². The zero-order valence-corrected chi connectivity index (χ0v) is 34.7. The van der Waals surface area contributed by atoms with Crippen LogP contribution < -0.4 is 9.74 Å². The van der Waals surface area contributed by atoms with Crippen molar-refractivity contribution in [1.82, 2.24) is 24.4 Å². The van der Waals surface area contributed by atoms with E-state index in [4.69, 9.17) is 25.7 Å². The fourth-order valence-electron chi connectivity index (χ4n) is 7.78. The first-order chi connectivity index (χ1) is 27.0. The molecule has 0 atom stereocenters. The number of benzene rings is 2. The molecule has 2 aliphatic rings. The van der Waals surface area contributed by atoms with E-state index >= 15 is 0 Å². The molecule has 3 aromatic heterocycles. The van der Waals surface area contributed by atoms with Crippen LogP contribution in [0, 0.1) is 12.8 Å². The summed E-state index contributed by atoms with van der Waals surface area (Å²) in [5, 5.41) is 4.20. The summed E-state index contributed by atoms with van der Waals surface area (Å²) in [5.74, 6) is 0.253. The van der Waals surface area contributed by atoms with Gasteiger partial charge in [-0.1, -0.05) is 24.3 Å². The lowest BCUT2D eigenvalue weighted by molar-refractivity contribution is -0.161. The number of fused-ring (bicyclic) bond motifs is 2. The van der Waals surface area contributed by atoms with Gasteiger partial charge in [-0.25, -0.2) is 14.4 Å². The first kappa shape index (κ1) is 40.3. The minimum atomic E-state index is -3.59. The van der Waals surface area contributed by atoms with Crippen molar-refractivity contribution < 1.29 is 26.9 Å². The molecule has 15 heteroatoms. The van der Waals surface area contributed by atoms with Crippen LogP contribution in [0.2, 0.25) is 0 Å². The first-order valence-corrected chi connectivity index (χ1v) is 21.3. The number of esters is 1. The maximum Gasteiger partial charge on any atom is 0.309 e. The lowest BCUT2D eigenvalue weighted by atomic mass is 9.84. The molecule has 4 heterocycles. The van der Waals surface area contributed by atoms with Gasteiger partial charge in [0.2, 0.25) is 5.82 Å². The number of rotatable bonds is 10. The first-order valence-electron chi connectivity index (χ1n) is 19.1. The Bertz CT molecular complexity index is 2440. The number of anilines is 3. The molecule has 7 rings (SSSR count). The summed E-state index contributed by atoms with van der Waals surface area (Å²) in [6.07, 6.45) is 8.48. The van der Waals surface area contributed by atoms with Crippen LogP contribution in [0.25, 0.3) is 22.0 Å². The Kier molecular flexibility index (Phi) is 11.4. The maximum atomic E-state index is 13.9. The van der Waals surface area contributed by atoms with Crippen LogP contribution in [0.5, 0.6) is 0 Å². The third-order valence-electron chi connectivity index (χ3n) is 10.7. The number of ether oxygens (including phenoxy) is 1. The summed E-state index contributed by atoms with van der Waals surface area (Å²) < 4.78 is 36.5. The van der Waals surface area contributed by atoms with Crippen molar-refractivity contribution in [2.45, 2.75) is 84.6 Å². The number of hydrogen-bond donors (Lipinski definition) is 1. The summed E-state index contributed by atoms with van der Waals surface area (Å²) >= 11 is 6.82. The molecule has 1 aliphatic carbocycles. The van der Waals surface area contributed by atoms with Gasteiger partial charge >= 0.3 is 11.9 Å². The van der Waals surface area contributed by atoms with Crippen molar-refractivity contribution in [2.75, 3.05) is 22.5 Å². The Hall–Kier alpha value is -4.89. The highest BCUT2D eigenvalue weighted by atomic mass is 35.5. The number of pyridine rings is 2. The fraction of sp³-hybridized carbons (Fsp3) is 0.405. The van der Waals surface area contributed by atoms with Crippen LogP contribution in [0.1, 0.15) is 79.6 Å². The van der Waals surface area contributed by atoms with Gasteiger partial charge in [0.25, 0.3) is 10.1 Å². The molecule has 300 valence electrons. The molecule has 57 heavy (non-hydrogen) atoms. The van der Waals surface area contributed by atoms with E-state index in [-0.39, 0.29) is 24.3 Å². The summed E-state index contributed by atoms with van der Waals surface area (Å²) in [5.41, 5.74) is 6.74. The van der Waals surface area contributed by atoms with E-state index in [0.29, 0.717) is 35.2 Å². The number of halogens is 1. The Balaban J connectivity index is 1.04. The number of nitrogens with zero attached hydrogens (tertiary/aromatic N) is 6. The minimum absolute atomic E-state index is 0.0583. The summed E-state index contributed by atoms with van der Waals surface area (Å²) in [6, 6.07) is 17.4. The molecule has 13 nitrogen and oxygen atoms in total. The van der Waals surface area contributed by atoms with E-state index in [1.807, 2.05) is 87.8 Å². The zero-order valence-electron chi connectivity index (χ0n) is 33.1. The van der Waals surface area contributed by atoms with Gasteiger partial charge < -0.3 is 14.6 Å². The predicted molar refractivity (Wildman–Crippen MR) is 221 cm³/mol. The average Bonchev–Trinajstić information content (AvgIpc) is 3.51. The van der Waals surface area contributed by atoms with Gasteiger partial charge in [0.05, 0.1) is 30.2 Å². The van der Waals surface area contributed by atoms with Gasteiger partial charge in [-0.15, -0.1) is 0 Å². The summed E-state index contributed by atoms with van der Waals surface area (Å²) in [7, 11) is -1.72. The normalized spacial score (nSPS) is 17.6. The lowest BCUT2D eigenvalue weighted by Gasteiger charge is -2.38. The third kappa shape index (κ3) is 9.14. The van der Waals surface area contributed by atoms with E-state index in [1.54, 1.807) is 18.5 Å². The van der Waals surface area contributed by atoms with Crippen LogP contribution in [0.15, 0.2) is 67.0 Å². The van der Waals surface area contributed by atoms with Crippen molar-refractivity contribution in [2.24, 2.45) is 13.0 Å². The molecular formula is C42H48ClN7O6S. The topological polar surface area (TPSA) is 149 Å². The highest BCUT2D eigenvalue weighted by molar-refractivity contribution is 7.85. The largest absolute Gasteiger partial charge is 0.460 e. The molecule has 1 amide bonds. The van der Waals surface area contributed by atoms with Crippen LogP contribution in [0.4, 0.5) is 17.2 Å².